The van der Waals surface area contributed by atoms with E-state index in [0.717, 1.165) is 6.08 Å². The van der Waals surface area contributed by atoms with Gasteiger partial charge in [0.25, 0.3) is 0 Å². The van der Waals surface area contributed by atoms with E-state index in [4.69, 9.17) is 18.9 Å². The fourth-order valence-electron chi connectivity index (χ4n) is 3.04. The highest BCUT2D eigenvalue weighted by atomic mass is 16.8. The molecule has 2 fully saturated rings. The van der Waals surface area contributed by atoms with Gasteiger partial charge < -0.3 is 39.8 Å². The highest BCUT2D eigenvalue weighted by molar-refractivity contribution is 5.96. The number of hydrogen-bond acceptors (Lipinski definition) is 9. The molecule has 0 aromatic heterocycles. The molecule has 2 aliphatic heterocycles. The second-order valence-electron chi connectivity index (χ2n) is 6.92. The predicted molar refractivity (Wildman–Crippen MR) is 97.6 cm³/mol. The van der Waals surface area contributed by atoms with Crippen molar-refractivity contribution in [2.45, 2.75) is 44.0 Å². The van der Waals surface area contributed by atoms with E-state index >= 15 is 0 Å². The quantitative estimate of drug-likeness (QED) is 0.214. The third-order valence-electron chi connectivity index (χ3n) is 4.47. The van der Waals surface area contributed by atoms with Crippen molar-refractivity contribution in [2.75, 3.05) is 39.6 Å². The molecule has 2 bridgehead atoms. The molecule has 5 atom stereocenters. The number of aliphatic hydroxyl groups is 2. The number of carbonyl (C=O) groups is 3. The third kappa shape index (κ3) is 6.56. The molecule has 0 spiro atoms. The minimum Gasteiger partial charge on any atom is -0.388 e. The predicted octanol–water partition coefficient (Wildman–Crippen LogP) is -2.37. The SMILES string of the molecule is CC(=O)/C=C/C(=O)NCCOCCOC[C@@]12CO[C@@H](O1)[C@@H](NC(C)=O)[C@@H](O)[C@H]2O. The Balaban J connectivity index is 1.63. The van der Waals surface area contributed by atoms with Crippen molar-refractivity contribution < 1.29 is 43.5 Å². The van der Waals surface area contributed by atoms with Crippen molar-refractivity contribution >= 4 is 17.6 Å². The Morgan fingerprint density at radius 3 is 2.55 bits per heavy atom. The number of carbonyl (C=O) groups excluding carboxylic acids is 3. The lowest BCUT2D eigenvalue weighted by molar-refractivity contribution is -0.238. The zero-order valence-corrected chi connectivity index (χ0v) is 16.5. The molecule has 2 amide bonds. The standard InChI is InChI=1S/C18H28N2O9/c1-11(21)3-4-13(23)19-5-6-26-7-8-27-9-18-10-28-17(29-18)14(20-12(2)22)15(24)16(18)25/h3-4,14-17,24-25H,5-10H2,1-2H3,(H,19,23)(H,20,22)/b4-3+/t14-,15+,16+,17-,18-/m0/s1. The van der Waals surface area contributed by atoms with Crippen LogP contribution in [0.4, 0.5) is 0 Å². The summed E-state index contributed by atoms with van der Waals surface area (Å²) in [4.78, 5) is 33.3. The van der Waals surface area contributed by atoms with E-state index in [2.05, 4.69) is 10.6 Å². The zero-order valence-electron chi connectivity index (χ0n) is 16.5. The number of ketones is 1. The number of allylic oxidation sites excluding steroid dienone is 1. The normalized spacial score (nSPS) is 31.0. The fraction of sp³-hybridized carbons (Fsp3) is 0.722. The Morgan fingerprint density at radius 2 is 1.86 bits per heavy atom. The van der Waals surface area contributed by atoms with Crippen LogP contribution in [0, 0.1) is 0 Å². The second-order valence-corrected chi connectivity index (χ2v) is 6.92. The van der Waals surface area contributed by atoms with Gasteiger partial charge in [0.15, 0.2) is 12.1 Å². The van der Waals surface area contributed by atoms with Crippen molar-refractivity contribution in [2.24, 2.45) is 0 Å². The van der Waals surface area contributed by atoms with Gasteiger partial charge in [0, 0.05) is 19.5 Å². The van der Waals surface area contributed by atoms with Gasteiger partial charge in [-0.15, -0.1) is 0 Å². The van der Waals surface area contributed by atoms with Crippen LogP contribution in [0.1, 0.15) is 13.8 Å². The van der Waals surface area contributed by atoms with Crippen LogP contribution in [0.2, 0.25) is 0 Å². The first-order valence-electron chi connectivity index (χ1n) is 9.30. The number of nitrogens with one attached hydrogen (secondary N) is 2. The van der Waals surface area contributed by atoms with Gasteiger partial charge in [0.1, 0.15) is 23.9 Å². The van der Waals surface area contributed by atoms with Crippen LogP contribution in [-0.4, -0.2) is 97.5 Å². The highest BCUT2D eigenvalue weighted by Crippen LogP contribution is 2.37. The van der Waals surface area contributed by atoms with Gasteiger partial charge in [-0.2, -0.15) is 0 Å². The second kappa shape index (κ2) is 10.8. The van der Waals surface area contributed by atoms with Crippen LogP contribution in [-0.2, 0) is 33.3 Å². The largest absolute Gasteiger partial charge is 0.388 e. The lowest BCUT2D eigenvalue weighted by atomic mass is 9.88. The van der Waals surface area contributed by atoms with E-state index < -0.39 is 30.1 Å². The molecule has 164 valence electrons. The van der Waals surface area contributed by atoms with Gasteiger partial charge in [-0.3, -0.25) is 14.4 Å². The average Bonchev–Trinajstić information content (AvgIpc) is 3.06. The van der Waals surface area contributed by atoms with Gasteiger partial charge in [-0.1, -0.05) is 0 Å². The molecule has 2 saturated heterocycles. The van der Waals surface area contributed by atoms with Crippen molar-refractivity contribution in [1.29, 1.82) is 0 Å². The summed E-state index contributed by atoms with van der Waals surface area (Å²) in [6.45, 7) is 3.63. The van der Waals surface area contributed by atoms with Crippen molar-refractivity contribution in [3.8, 4) is 0 Å². The Kier molecular flexibility index (Phi) is 8.68. The van der Waals surface area contributed by atoms with E-state index in [1.807, 2.05) is 0 Å². The molecule has 0 unspecified atom stereocenters. The highest BCUT2D eigenvalue weighted by Gasteiger charge is 2.59. The molecular weight excluding hydrogens is 388 g/mol. The fourth-order valence-corrected chi connectivity index (χ4v) is 3.04. The Hall–Kier alpha value is -1.89. The lowest BCUT2D eigenvalue weighted by Gasteiger charge is -2.42. The summed E-state index contributed by atoms with van der Waals surface area (Å²) in [5.41, 5.74) is -1.21. The molecular formula is C18H28N2O9. The summed E-state index contributed by atoms with van der Waals surface area (Å²) in [6.07, 6.45) is -1.07. The summed E-state index contributed by atoms with van der Waals surface area (Å²) in [7, 11) is 0. The summed E-state index contributed by atoms with van der Waals surface area (Å²) in [6, 6.07) is -0.859. The maximum absolute atomic E-state index is 11.3. The molecule has 4 N–H and O–H groups in total. The first kappa shape index (κ1) is 23.4. The lowest BCUT2D eigenvalue weighted by Crippen LogP contribution is -2.66. The number of rotatable bonds is 11. The number of ether oxygens (including phenoxy) is 4. The number of hydrogen-bond donors (Lipinski definition) is 4. The van der Waals surface area contributed by atoms with Gasteiger partial charge in [0.2, 0.25) is 11.8 Å². The molecule has 0 saturated carbocycles. The molecule has 2 heterocycles. The number of fused-ring (bicyclic) bond motifs is 2. The van der Waals surface area contributed by atoms with Crippen molar-refractivity contribution in [1.82, 2.24) is 10.6 Å². The van der Waals surface area contributed by atoms with Crippen LogP contribution in [0.25, 0.3) is 0 Å². The summed E-state index contributed by atoms with van der Waals surface area (Å²) in [5, 5.41) is 25.8. The number of amides is 2. The van der Waals surface area contributed by atoms with E-state index in [0.29, 0.717) is 0 Å². The minimum atomic E-state index is -1.29. The Labute approximate surface area is 168 Å². The molecule has 0 aliphatic carbocycles. The summed E-state index contributed by atoms with van der Waals surface area (Å²) < 4.78 is 22.0. The maximum atomic E-state index is 11.3. The Bertz CT molecular complexity index is 626. The average molecular weight is 416 g/mol. The molecule has 11 heteroatoms. The van der Waals surface area contributed by atoms with Gasteiger partial charge in [0.05, 0.1) is 33.0 Å². The van der Waals surface area contributed by atoms with Crippen LogP contribution in [0.5, 0.6) is 0 Å². The first-order valence-corrected chi connectivity index (χ1v) is 9.30. The van der Waals surface area contributed by atoms with Gasteiger partial charge in [-0.25, -0.2) is 0 Å². The number of aliphatic hydroxyl groups excluding tert-OH is 2. The van der Waals surface area contributed by atoms with Gasteiger partial charge in [-0.05, 0) is 13.0 Å². The topological polar surface area (TPSA) is 153 Å². The smallest absolute Gasteiger partial charge is 0.244 e. The van der Waals surface area contributed by atoms with E-state index in [1.54, 1.807) is 0 Å². The minimum absolute atomic E-state index is 0.0205. The first-order chi connectivity index (χ1) is 13.7. The molecule has 0 aromatic carbocycles. The summed E-state index contributed by atoms with van der Waals surface area (Å²) in [5.74, 6) is -0.959. The van der Waals surface area contributed by atoms with Crippen LogP contribution < -0.4 is 10.6 Å². The molecule has 2 aliphatic rings. The van der Waals surface area contributed by atoms with E-state index in [1.165, 1.54) is 19.9 Å². The molecule has 0 aromatic rings. The van der Waals surface area contributed by atoms with E-state index in [-0.39, 0.29) is 57.2 Å². The monoisotopic (exact) mass is 416 g/mol. The summed E-state index contributed by atoms with van der Waals surface area (Å²) >= 11 is 0. The Morgan fingerprint density at radius 1 is 1.14 bits per heavy atom. The molecule has 2 rings (SSSR count). The van der Waals surface area contributed by atoms with Crippen LogP contribution >= 0.6 is 0 Å². The van der Waals surface area contributed by atoms with Crippen LogP contribution in [0.3, 0.4) is 0 Å². The maximum Gasteiger partial charge on any atom is 0.244 e. The molecule has 0 radical (unpaired) electrons. The molecule has 29 heavy (non-hydrogen) atoms. The van der Waals surface area contributed by atoms with Crippen molar-refractivity contribution in [3.05, 3.63) is 12.2 Å². The van der Waals surface area contributed by atoms with Gasteiger partial charge >= 0.3 is 0 Å². The van der Waals surface area contributed by atoms with Crippen LogP contribution in [0.15, 0.2) is 12.2 Å². The zero-order chi connectivity index (χ0) is 21.4. The van der Waals surface area contributed by atoms with E-state index in [9.17, 15) is 24.6 Å². The van der Waals surface area contributed by atoms with Crippen molar-refractivity contribution in [3.63, 3.8) is 0 Å². The third-order valence-corrected chi connectivity index (χ3v) is 4.47. The molecule has 11 nitrogen and oxygen atoms in total.